The van der Waals surface area contributed by atoms with Crippen LogP contribution >= 0.6 is 11.6 Å². The van der Waals surface area contributed by atoms with Gasteiger partial charge in [0.1, 0.15) is 17.2 Å². The minimum Gasteiger partial charge on any atom is -0.507 e. The molecule has 0 unspecified atom stereocenters. The first-order valence-electron chi connectivity index (χ1n) is 7.04. The molecule has 0 aliphatic carbocycles. The third kappa shape index (κ3) is 3.52. The van der Waals surface area contributed by atoms with Crippen molar-refractivity contribution >= 4 is 23.5 Å². The monoisotopic (exact) mass is 323 g/mol. The van der Waals surface area contributed by atoms with Crippen LogP contribution in [0.1, 0.15) is 5.56 Å². The molecule has 0 aliphatic rings. The van der Waals surface area contributed by atoms with Crippen LogP contribution in [0, 0.1) is 0 Å². The van der Waals surface area contributed by atoms with Crippen molar-refractivity contribution in [1.29, 1.82) is 0 Å². The van der Waals surface area contributed by atoms with Crippen molar-refractivity contribution in [2.75, 3.05) is 0 Å². The summed E-state index contributed by atoms with van der Waals surface area (Å²) in [4.78, 5) is 4.21. The summed E-state index contributed by atoms with van der Waals surface area (Å²) in [6, 6.07) is 19.8. The van der Waals surface area contributed by atoms with Gasteiger partial charge in [-0.2, -0.15) is 0 Å². The molecule has 0 saturated heterocycles. The van der Waals surface area contributed by atoms with Crippen molar-refractivity contribution in [3.05, 3.63) is 77.3 Å². The number of hydrogen-bond donors (Lipinski definition) is 2. The molecule has 0 atom stereocenters. The molecule has 0 saturated carbocycles. The van der Waals surface area contributed by atoms with Gasteiger partial charge in [-0.05, 0) is 41.5 Å². The van der Waals surface area contributed by atoms with Crippen LogP contribution in [0.3, 0.4) is 0 Å². The van der Waals surface area contributed by atoms with Crippen molar-refractivity contribution in [3.63, 3.8) is 0 Å². The number of nitrogens with zero attached hydrogens (tertiary/aromatic N) is 1. The molecule has 4 heteroatoms. The lowest BCUT2D eigenvalue weighted by atomic mass is 10.0. The number of phenolic OH excluding ortho intramolecular Hbond substituents is 2. The molecular formula is C19H14ClNO2. The lowest BCUT2D eigenvalue weighted by Crippen LogP contribution is -1.85. The second kappa shape index (κ2) is 6.55. The lowest BCUT2D eigenvalue weighted by Gasteiger charge is -2.05. The van der Waals surface area contributed by atoms with E-state index in [4.69, 9.17) is 11.6 Å². The Balaban J connectivity index is 1.97. The predicted molar refractivity (Wildman–Crippen MR) is 93.9 cm³/mol. The van der Waals surface area contributed by atoms with Gasteiger partial charge in [-0.15, -0.1) is 0 Å². The van der Waals surface area contributed by atoms with E-state index in [2.05, 4.69) is 4.99 Å². The first-order valence-corrected chi connectivity index (χ1v) is 7.42. The van der Waals surface area contributed by atoms with E-state index in [1.54, 1.807) is 18.2 Å². The normalized spacial score (nSPS) is 11.0. The summed E-state index contributed by atoms with van der Waals surface area (Å²) < 4.78 is 0. The predicted octanol–water partition coefficient (Wildman–Crippen LogP) is 5.17. The summed E-state index contributed by atoms with van der Waals surface area (Å²) in [6.07, 6.45) is 1.51. The summed E-state index contributed by atoms with van der Waals surface area (Å²) in [7, 11) is 0. The second-order valence-electron chi connectivity index (χ2n) is 5.03. The van der Waals surface area contributed by atoms with Crippen molar-refractivity contribution in [3.8, 4) is 22.6 Å². The molecule has 3 nitrogen and oxygen atoms in total. The molecule has 0 fully saturated rings. The Hall–Kier alpha value is -2.78. The van der Waals surface area contributed by atoms with E-state index in [9.17, 15) is 10.2 Å². The summed E-state index contributed by atoms with van der Waals surface area (Å²) in [6.45, 7) is 0. The van der Waals surface area contributed by atoms with Crippen LogP contribution < -0.4 is 0 Å². The van der Waals surface area contributed by atoms with Gasteiger partial charge in [-0.3, -0.25) is 4.99 Å². The minimum absolute atomic E-state index is 0.0318. The number of phenols is 2. The first kappa shape index (κ1) is 15.1. The van der Waals surface area contributed by atoms with E-state index in [0.717, 1.165) is 11.1 Å². The fourth-order valence-corrected chi connectivity index (χ4v) is 2.37. The zero-order valence-corrected chi connectivity index (χ0v) is 12.9. The minimum atomic E-state index is 0.0318. The number of aliphatic imine (C=N–C) groups is 1. The van der Waals surface area contributed by atoms with Gasteiger partial charge in [0.05, 0.1) is 0 Å². The van der Waals surface area contributed by atoms with Crippen LogP contribution in [0.4, 0.5) is 5.69 Å². The average molecular weight is 324 g/mol. The zero-order chi connectivity index (χ0) is 16.2. The largest absolute Gasteiger partial charge is 0.507 e. The van der Waals surface area contributed by atoms with Gasteiger partial charge < -0.3 is 10.2 Å². The van der Waals surface area contributed by atoms with Gasteiger partial charge in [0.25, 0.3) is 0 Å². The SMILES string of the molecule is Oc1ccc(-c2ccccc2)cc1C=Nc1cc(Cl)ccc1O. The zero-order valence-electron chi connectivity index (χ0n) is 12.1. The highest BCUT2D eigenvalue weighted by Crippen LogP contribution is 2.30. The van der Waals surface area contributed by atoms with E-state index < -0.39 is 0 Å². The molecule has 2 N–H and O–H groups in total. The van der Waals surface area contributed by atoms with Crippen LogP contribution in [-0.2, 0) is 0 Å². The van der Waals surface area contributed by atoms with Crippen LogP contribution in [0.2, 0.25) is 5.02 Å². The maximum Gasteiger partial charge on any atom is 0.141 e. The van der Waals surface area contributed by atoms with Gasteiger partial charge in [-0.1, -0.05) is 48.0 Å². The molecule has 0 radical (unpaired) electrons. The Morgan fingerprint density at radius 1 is 0.783 bits per heavy atom. The van der Waals surface area contributed by atoms with Crippen molar-refractivity contribution in [1.82, 2.24) is 0 Å². The molecule has 0 amide bonds. The molecule has 3 rings (SSSR count). The van der Waals surface area contributed by atoms with Crippen LogP contribution in [0.25, 0.3) is 11.1 Å². The van der Waals surface area contributed by atoms with E-state index >= 15 is 0 Å². The Morgan fingerprint density at radius 3 is 2.30 bits per heavy atom. The van der Waals surface area contributed by atoms with E-state index in [1.807, 2.05) is 42.5 Å². The highest BCUT2D eigenvalue weighted by molar-refractivity contribution is 6.30. The number of rotatable bonds is 3. The quantitative estimate of drug-likeness (QED) is 0.653. The Bertz CT molecular complexity index is 860. The third-order valence-corrected chi connectivity index (χ3v) is 3.65. The Kier molecular flexibility index (Phi) is 4.31. The topological polar surface area (TPSA) is 52.8 Å². The molecule has 0 aromatic heterocycles. The molecule has 114 valence electrons. The van der Waals surface area contributed by atoms with E-state index in [-0.39, 0.29) is 11.5 Å². The smallest absolute Gasteiger partial charge is 0.141 e. The van der Waals surface area contributed by atoms with Crippen LogP contribution in [-0.4, -0.2) is 16.4 Å². The summed E-state index contributed by atoms with van der Waals surface area (Å²) in [5.74, 6) is 0.152. The molecule has 0 heterocycles. The van der Waals surface area contributed by atoms with E-state index in [1.165, 1.54) is 12.3 Å². The third-order valence-electron chi connectivity index (χ3n) is 3.41. The van der Waals surface area contributed by atoms with Crippen molar-refractivity contribution in [2.24, 2.45) is 4.99 Å². The van der Waals surface area contributed by atoms with Crippen molar-refractivity contribution < 1.29 is 10.2 Å². The average Bonchev–Trinajstić information content (AvgIpc) is 2.58. The summed E-state index contributed by atoms with van der Waals surface area (Å²) in [5, 5.41) is 20.3. The molecule has 0 bridgehead atoms. The number of hydrogen-bond acceptors (Lipinski definition) is 3. The van der Waals surface area contributed by atoms with Gasteiger partial charge in [-0.25, -0.2) is 0 Å². The Morgan fingerprint density at radius 2 is 1.52 bits per heavy atom. The molecule has 3 aromatic rings. The number of aromatic hydroxyl groups is 2. The van der Waals surface area contributed by atoms with Gasteiger partial charge in [0.2, 0.25) is 0 Å². The maximum absolute atomic E-state index is 10.0. The molecule has 0 spiro atoms. The fraction of sp³-hybridized carbons (Fsp3) is 0. The van der Waals surface area contributed by atoms with Gasteiger partial charge in [0.15, 0.2) is 0 Å². The Labute approximate surface area is 139 Å². The van der Waals surface area contributed by atoms with Crippen LogP contribution in [0.15, 0.2) is 71.7 Å². The van der Waals surface area contributed by atoms with E-state index in [0.29, 0.717) is 16.3 Å². The molecule has 23 heavy (non-hydrogen) atoms. The van der Waals surface area contributed by atoms with Gasteiger partial charge in [0, 0.05) is 16.8 Å². The van der Waals surface area contributed by atoms with Crippen LogP contribution in [0.5, 0.6) is 11.5 Å². The summed E-state index contributed by atoms with van der Waals surface area (Å²) >= 11 is 5.90. The standard InChI is InChI=1S/C19H14ClNO2/c20-16-7-9-19(23)17(11-16)21-12-15-10-14(6-8-18(15)22)13-4-2-1-3-5-13/h1-12,22-23H. The number of halogens is 1. The number of benzene rings is 3. The maximum atomic E-state index is 10.0. The highest BCUT2D eigenvalue weighted by Gasteiger charge is 2.04. The highest BCUT2D eigenvalue weighted by atomic mass is 35.5. The molecule has 0 aliphatic heterocycles. The lowest BCUT2D eigenvalue weighted by molar-refractivity contribution is 0.474. The molecule has 3 aromatic carbocycles. The first-order chi connectivity index (χ1) is 11.1. The fourth-order valence-electron chi connectivity index (χ4n) is 2.21. The molecular weight excluding hydrogens is 310 g/mol. The van der Waals surface area contributed by atoms with Crippen molar-refractivity contribution in [2.45, 2.75) is 0 Å². The summed E-state index contributed by atoms with van der Waals surface area (Å²) in [5.41, 5.74) is 2.93. The second-order valence-corrected chi connectivity index (χ2v) is 5.47. The van der Waals surface area contributed by atoms with Gasteiger partial charge >= 0.3 is 0 Å².